The van der Waals surface area contributed by atoms with E-state index in [9.17, 15) is 33.0 Å². The number of nitrogens with two attached hydrogens (primary N) is 1. The number of rotatable bonds is 7. The van der Waals surface area contributed by atoms with Crippen molar-refractivity contribution >= 4 is 23.8 Å². The van der Waals surface area contributed by atoms with Gasteiger partial charge in [-0.3, -0.25) is 4.90 Å². The van der Waals surface area contributed by atoms with Gasteiger partial charge >= 0.3 is 18.2 Å². The number of piperidine rings is 1. The standard InChI is InChI=1S/C32H32F3N7O5/c1-19-9-12-42(39-19)23-15-21(20-5-3-2-4-6-20)7-8-22(23)27(32(33,34)35)47-26-16-25(37-29(36)38-26)40-13-10-31(11-14-40)17-24(28(43)44)41(18-31)30(45)46/h2-9,12,15-16,24,27H,10-11,13-14,17-18H2,1H3,(H,43,44)(H,45,46)(H2,36,37,38)/t24?,27-/m1/s1. The van der Waals surface area contributed by atoms with Crippen molar-refractivity contribution in [2.24, 2.45) is 5.41 Å². The maximum Gasteiger partial charge on any atom is 0.429 e. The van der Waals surface area contributed by atoms with Crippen LogP contribution >= 0.6 is 0 Å². The molecule has 2 aromatic heterocycles. The number of amides is 1. The van der Waals surface area contributed by atoms with Gasteiger partial charge in [0.1, 0.15) is 11.9 Å². The first-order valence-electron chi connectivity index (χ1n) is 14.9. The van der Waals surface area contributed by atoms with Gasteiger partial charge in [0.25, 0.3) is 0 Å². The van der Waals surface area contributed by atoms with Crippen molar-refractivity contribution in [2.75, 3.05) is 30.3 Å². The number of carboxylic acid groups (broad SMARTS) is 2. The number of carboxylic acids is 1. The van der Waals surface area contributed by atoms with Gasteiger partial charge in [-0.1, -0.05) is 42.5 Å². The van der Waals surface area contributed by atoms with E-state index in [1.165, 1.54) is 16.8 Å². The van der Waals surface area contributed by atoms with E-state index in [1.54, 1.807) is 36.2 Å². The zero-order valence-corrected chi connectivity index (χ0v) is 25.3. The Morgan fingerprint density at radius 3 is 2.34 bits per heavy atom. The molecule has 15 heteroatoms. The lowest BCUT2D eigenvalue weighted by atomic mass is 9.76. The van der Waals surface area contributed by atoms with E-state index in [4.69, 9.17) is 10.5 Å². The van der Waals surface area contributed by atoms with Gasteiger partial charge in [0.05, 0.1) is 11.4 Å². The quantitative estimate of drug-likeness (QED) is 0.239. The Hall–Kier alpha value is -5.34. The van der Waals surface area contributed by atoms with Crippen molar-refractivity contribution in [2.45, 2.75) is 44.5 Å². The summed E-state index contributed by atoms with van der Waals surface area (Å²) in [5.74, 6) is -1.62. The van der Waals surface area contributed by atoms with E-state index in [2.05, 4.69) is 15.1 Å². The lowest BCUT2D eigenvalue weighted by Crippen LogP contribution is -2.43. The number of anilines is 2. The topological polar surface area (TPSA) is 160 Å². The molecular weight excluding hydrogens is 619 g/mol. The van der Waals surface area contributed by atoms with Gasteiger partial charge in [-0.05, 0) is 54.9 Å². The molecule has 1 spiro atoms. The van der Waals surface area contributed by atoms with Gasteiger partial charge in [-0.2, -0.15) is 28.2 Å². The Bertz CT molecular complexity index is 1770. The molecule has 4 heterocycles. The third-order valence-electron chi connectivity index (χ3n) is 8.82. The average molecular weight is 652 g/mol. The van der Waals surface area contributed by atoms with Gasteiger partial charge in [0.2, 0.25) is 17.9 Å². The Morgan fingerprint density at radius 1 is 1.02 bits per heavy atom. The van der Waals surface area contributed by atoms with Crippen LogP contribution in [0.25, 0.3) is 16.8 Å². The largest absolute Gasteiger partial charge is 0.480 e. The van der Waals surface area contributed by atoms with Gasteiger partial charge < -0.3 is 25.6 Å². The molecule has 1 unspecified atom stereocenters. The van der Waals surface area contributed by atoms with E-state index in [0.29, 0.717) is 37.2 Å². The summed E-state index contributed by atoms with van der Waals surface area (Å²) < 4.78 is 51.4. The second kappa shape index (κ2) is 12.1. The van der Waals surface area contributed by atoms with Crippen LogP contribution < -0.4 is 15.4 Å². The summed E-state index contributed by atoms with van der Waals surface area (Å²) in [6, 6.07) is 15.7. The summed E-state index contributed by atoms with van der Waals surface area (Å²) in [4.78, 5) is 34.3. The van der Waals surface area contributed by atoms with Crippen molar-refractivity contribution in [1.82, 2.24) is 24.6 Å². The Kier molecular flexibility index (Phi) is 8.15. The van der Waals surface area contributed by atoms with Crippen molar-refractivity contribution in [3.8, 4) is 22.7 Å². The predicted octanol–water partition coefficient (Wildman–Crippen LogP) is 5.33. The zero-order valence-electron chi connectivity index (χ0n) is 25.3. The SMILES string of the molecule is Cc1ccn(-c2cc(-c3ccccc3)ccc2[C@@H](Oc2cc(N3CCC4(CC3)CC(C(=O)O)N(C(=O)O)C4)nc(N)n2)C(F)(F)F)n1. The summed E-state index contributed by atoms with van der Waals surface area (Å²) in [5.41, 5.74) is 7.54. The highest BCUT2D eigenvalue weighted by Gasteiger charge is 2.50. The summed E-state index contributed by atoms with van der Waals surface area (Å²) in [7, 11) is 0. The van der Waals surface area contributed by atoms with Crippen LogP contribution in [0.3, 0.4) is 0 Å². The number of carbonyl (C=O) groups is 2. The maximum absolute atomic E-state index is 14.8. The number of aliphatic carboxylic acids is 1. The third-order valence-corrected chi connectivity index (χ3v) is 8.82. The molecule has 4 N–H and O–H groups in total. The molecule has 4 aromatic rings. The fourth-order valence-electron chi connectivity index (χ4n) is 6.45. The molecule has 6 rings (SSSR count). The number of ether oxygens (including phenoxy) is 1. The fraction of sp³-hybridized carbons (Fsp3) is 0.344. The number of hydrogen-bond acceptors (Lipinski definition) is 8. The molecule has 2 atom stereocenters. The molecule has 2 aliphatic heterocycles. The Morgan fingerprint density at radius 2 is 1.74 bits per heavy atom. The number of alkyl halides is 3. The molecule has 2 aliphatic rings. The molecule has 2 aromatic carbocycles. The minimum absolute atomic E-state index is 0.0852. The number of benzene rings is 2. The van der Waals surface area contributed by atoms with Crippen LogP contribution in [0.1, 0.15) is 36.6 Å². The molecule has 246 valence electrons. The molecule has 0 bridgehead atoms. The average Bonchev–Trinajstić information content (AvgIpc) is 3.64. The van der Waals surface area contributed by atoms with Crippen molar-refractivity contribution in [3.63, 3.8) is 0 Å². The highest BCUT2D eigenvalue weighted by molar-refractivity contribution is 5.80. The first-order chi connectivity index (χ1) is 22.3. The summed E-state index contributed by atoms with van der Waals surface area (Å²) in [5, 5.41) is 23.4. The molecule has 1 amide bonds. The third kappa shape index (κ3) is 6.50. The number of aromatic nitrogens is 4. The number of nitrogen functional groups attached to an aromatic ring is 1. The number of halogens is 3. The number of hydrogen-bond donors (Lipinski definition) is 3. The van der Waals surface area contributed by atoms with E-state index in [-0.39, 0.29) is 41.9 Å². The van der Waals surface area contributed by atoms with Crippen LogP contribution in [0.2, 0.25) is 0 Å². The molecule has 0 saturated carbocycles. The highest BCUT2D eigenvalue weighted by Crippen LogP contribution is 2.45. The van der Waals surface area contributed by atoms with Crippen LogP contribution in [0.15, 0.2) is 66.9 Å². The lowest BCUT2D eigenvalue weighted by Gasteiger charge is -2.39. The number of aryl methyl sites for hydroxylation is 1. The first kappa shape index (κ1) is 31.6. The summed E-state index contributed by atoms with van der Waals surface area (Å²) in [6.45, 7) is 2.52. The van der Waals surface area contributed by atoms with Crippen LogP contribution in [-0.4, -0.2) is 78.8 Å². The van der Waals surface area contributed by atoms with E-state index in [1.807, 2.05) is 30.3 Å². The maximum atomic E-state index is 14.8. The van der Waals surface area contributed by atoms with Gasteiger partial charge in [-0.15, -0.1) is 0 Å². The second-order valence-electron chi connectivity index (χ2n) is 12.0. The van der Waals surface area contributed by atoms with E-state index < -0.39 is 35.8 Å². The van der Waals surface area contributed by atoms with Crippen molar-refractivity contribution in [1.29, 1.82) is 0 Å². The minimum atomic E-state index is -4.86. The molecule has 2 saturated heterocycles. The van der Waals surface area contributed by atoms with Crippen LogP contribution in [0, 0.1) is 12.3 Å². The Labute approximate surface area is 267 Å². The monoisotopic (exact) mass is 651 g/mol. The van der Waals surface area contributed by atoms with Crippen LogP contribution in [0.5, 0.6) is 5.88 Å². The number of likely N-dealkylation sites (tertiary alicyclic amines) is 1. The second-order valence-corrected chi connectivity index (χ2v) is 12.0. The van der Waals surface area contributed by atoms with E-state index in [0.717, 1.165) is 10.5 Å². The highest BCUT2D eigenvalue weighted by atomic mass is 19.4. The van der Waals surface area contributed by atoms with E-state index >= 15 is 0 Å². The molecule has 12 nitrogen and oxygen atoms in total. The normalized spacial score (nSPS) is 18.3. The van der Waals surface area contributed by atoms with Gasteiger partial charge in [0.15, 0.2) is 0 Å². The molecular formula is C32H32F3N7O5. The minimum Gasteiger partial charge on any atom is -0.480 e. The molecule has 0 radical (unpaired) electrons. The predicted molar refractivity (Wildman–Crippen MR) is 164 cm³/mol. The van der Waals surface area contributed by atoms with Crippen LogP contribution in [0.4, 0.5) is 29.7 Å². The van der Waals surface area contributed by atoms with Crippen molar-refractivity contribution < 1.29 is 37.7 Å². The number of nitrogens with zero attached hydrogens (tertiary/aromatic N) is 6. The molecule has 0 aliphatic carbocycles. The zero-order chi connectivity index (χ0) is 33.5. The lowest BCUT2D eigenvalue weighted by molar-refractivity contribution is -0.198. The van der Waals surface area contributed by atoms with Gasteiger partial charge in [0, 0.05) is 37.5 Å². The molecule has 2 fully saturated rings. The summed E-state index contributed by atoms with van der Waals surface area (Å²) >= 11 is 0. The van der Waals surface area contributed by atoms with Crippen molar-refractivity contribution in [3.05, 3.63) is 78.1 Å². The smallest absolute Gasteiger partial charge is 0.429 e. The van der Waals surface area contributed by atoms with Gasteiger partial charge in [-0.25, -0.2) is 14.3 Å². The Balaban J connectivity index is 1.28. The van der Waals surface area contributed by atoms with Crippen LogP contribution in [-0.2, 0) is 4.79 Å². The molecule has 47 heavy (non-hydrogen) atoms. The first-order valence-corrected chi connectivity index (χ1v) is 14.9. The fourth-order valence-corrected chi connectivity index (χ4v) is 6.45. The summed E-state index contributed by atoms with van der Waals surface area (Å²) in [6.07, 6.45) is -5.93.